The zero-order valence-corrected chi connectivity index (χ0v) is 27.7. The summed E-state index contributed by atoms with van der Waals surface area (Å²) in [5.74, 6) is 2.45. The van der Waals surface area contributed by atoms with E-state index in [0.29, 0.717) is 25.0 Å². The Bertz CT molecular complexity index is 1460. The number of carbonyl (C=O) groups is 1. The number of nitrogens with zero attached hydrogens (tertiary/aromatic N) is 2. The van der Waals surface area contributed by atoms with E-state index in [1.54, 1.807) is 6.92 Å². The molecule has 3 atom stereocenters. The molecule has 0 spiro atoms. The van der Waals surface area contributed by atoms with Gasteiger partial charge in [-0.2, -0.15) is 0 Å². The summed E-state index contributed by atoms with van der Waals surface area (Å²) in [5, 5.41) is 8.93. The van der Waals surface area contributed by atoms with E-state index in [9.17, 15) is 4.79 Å². The standard InChI is InChI=1S/C22H29NO5.C12H12INO/c1-14-7-9-18(10-8-14)21-23-20(15(2)28-21)13-27-19-6-4-5-17(11-19)12-26-16(3)22(24)25;1-8-3-5-10(6-4-8)12-14-11(7-13)9(2)15-12/h7-10,16-17,19H,4-6,11-13H2,1-3H3,(H,24,25);3-6H,7H2,1-2H3. The SMILES string of the molecule is Cc1ccc(-c2nc(CI)c(C)o2)cc1.Cc1ccc(-c2nc(COC3CCCC(COC(C)C(=O)O)C3)c(C)o2)cc1. The molecule has 9 heteroatoms. The highest BCUT2D eigenvalue weighted by Gasteiger charge is 2.25. The predicted molar refractivity (Wildman–Crippen MR) is 174 cm³/mol. The Morgan fingerprint density at radius 3 is 1.95 bits per heavy atom. The van der Waals surface area contributed by atoms with Crippen molar-refractivity contribution in [2.24, 2.45) is 5.92 Å². The van der Waals surface area contributed by atoms with Crippen LogP contribution in [0.3, 0.4) is 0 Å². The second kappa shape index (κ2) is 15.6. The first-order valence-electron chi connectivity index (χ1n) is 14.7. The molecule has 2 heterocycles. The van der Waals surface area contributed by atoms with Gasteiger partial charge >= 0.3 is 5.97 Å². The largest absolute Gasteiger partial charge is 0.479 e. The van der Waals surface area contributed by atoms with Crippen molar-refractivity contribution < 1.29 is 28.2 Å². The van der Waals surface area contributed by atoms with Crippen LogP contribution in [0.5, 0.6) is 0 Å². The van der Waals surface area contributed by atoms with E-state index in [4.69, 9.17) is 23.4 Å². The third-order valence-corrected chi connectivity index (χ3v) is 8.35. The maximum atomic E-state index is 10.9. The highest BCUT2D eigenvalue weighted by atomic mass is 127. The summed E-state index contributed by atoms with van der Waals surface area (Å²) in [4.78, 5) is 19.9. The molecule has 1 aliphatic carbocycles. The Labute approximate surface area is 267 Å². The summed E-state index contributed by atoms with van der Waals surface area (Å²) < 4.78 is 23.9. The van der Waals surface area contributed by atoms with E-state index < -0.39 is 12.1 Å². The molecule has 0 aliphatic heterocycles. The van der Waals surface area contributed by atoms with Gasteiger partial charge in [-0.25, -0.2) is 14.8 Å². The number of aromatic nitrogens is 2. The van der Waals surface area contributed by atoms with Gasteiger partial charge in [-0.1, -0.05) is 64.4 Å². The summed E-state index contributed by atoms with van der Waals surface area (Å²) in [6.07, 6.45) is 3.38. The zero-order valence-electron chi connectivity index (χ0n) is 25.6. The Balaban J connectivity index is 0.000000237. The minimum absolute atomic E-state index is 0.140. The molecule has 230 valence electrons. The molecule has 0 radical (unpaired) electrons. The van der Waals surface area contributed by atoms with Gasteiger partial charge in [0.1, 0.15) is 17.2 Å². The number of hydrogen-bond acceptors (Lipinski definition) is 7. The van der Waals surface area contributed by atoms with Crippen molar-refractivity contribution >= 4 is 28.6 Å². The molecular formula is C34H41IN2O6. The molecule has 0 saturated heterocycles. The fraction of sp³-hybridized carbons (Fsp3) is 0.441. The normalized spacial score (nSPS) is 17.3. The van der Waals surface area contributed by atoms with Gasteiger partial charge < -0.3 is 23.4 Å². The number of halogens is 1. The highest BCUT2D eigenvalue weighted by Crippen LogP contribution is 2.29. The summed E-state index contributed by atoms with van der Waals surface area (Å²) in [5.41, 5.74) is 6.31. The van der Waals surface area contributed by atoms with Crippen molar-refractivity contribution in [2.45, 2.75) is 83.5 Å². The van der Waals surface area contributed by atoms with Crippen molar-refractivity contribution in [1.29, 1.82) is 0 Å². The van der Waals surface area contributed by atoms with E-state index in [1.807, 2.05) is 50.2 Å². The number of aryl methyl sites for hydroxylation is 4. The lowest BCUT2D eigenvalue weighted by Crippen LogP contribution is -2.29. The Hall–Kier alpha value is -3.02. The molecule has 0 bridgehead atoms. The second-order valence-electron chi connectivity index (χ2n) is 11.2. The molecule has 2 aromatic carbocycles. The number of benzene rings is 2. The first kappa shape index (κ1) is 32.9. The van der Waals surface area contributed by atoms with Crippen LogP contribution in [-0.4, -0.2) is 39.9 Å². The third kappa shape index (κ3) is 9.48. The molecule has 5 rings (SSSR count). The van der Waals surface area contributed by atoms with Crippen LogP contribution in [0.2, 0.25) is 0 Å². The zero-order chi connectivity index (χ0) is 30.9. The molecule has 43 heavy (non-hydrogen) atoms. The molecule has 0 amide bonds. The molecule has 1 fully saturated rings. The number of aliphatic carboxylic acids is 1. The first-order valence-corrected chi connectivity index (χ1v) is 16.2. The van der Waals surface area contributed by atoms with Crippen LogP contribution in [0.15, 0.2) is 57.4 Å². The molecule has 8 nitrogen and oxygen atoms in total. The first-order chi connectivity index (χ1) is 20.6. The topological polar surface area (TPSA) is 108 Å². The van der Waals surface area contributed by atoms with Crippen LogP contribution in [0, 0.1) is 33.6 Å². The van der Waals surface area contributed by atoms with Gasteiger partial charge in [-0.15, -0.1) is 0 Å². The van der Waals surface area contributed by atoms with Crippen molar-refractivity contribution in [2.75, 3.05) is 6.61 Å². The van der Waals surface area contributed by atoms with Crippen molar-refractivity contribution in [3.8, 4) is 22.9 Å². The van der Waals surface area contributed by atoms with Gasteiger partial charge in [0.05, 0.1) is 25.0 Å². The number of ether oxygens (including phenoxy) is 2. The Morgan fingerprint density at radius 2 is 1.44 bits per heavy atom. The highest BCUT2D eigenvalue weighted by molar-refractivity contribution is 14.1. The lowest BCUT2D eigenvalue weighted by atomic mass is 9.87. The molecule has 1 saturated carbocycles. The van der Waals surface area contributed by atoms with Crippen molar-refractivity contribution in [1.82, 2.24) is 9.97 Å². The van der Waals surface area contributed by atoms with Crippen LogP contribution in [0.4, 0.5) is 0 Å². The maximum Gasteiger partial charge on any atom is 0.332 e. The van der Waals surface area contributed by atoms with E-state index in [-0.39, 0.29) is 6.10 Å². The number of rotatable bonds is 10. The smallest absolute Gasteiger partial charge is 0.332 e. The van der Waals surface area contributed by atoms with E-state index >= 15 is 0 Å². The van der Waals surface area contributed by atoms with Gasteiger partial charge in [0.2, 0.25) is 11.8 Å². The van der Waals surface area contributed by atoms with Crippen molar-refractivity contribution in [3.05, 3.63) is 82.6 Å². The lowest BCUT2D eigenvalue weighted by Gasteiger charge is -2.29. The summed E-state index contributed by atoms with van der Waals surface area (Å²) in [6, 6.07) is 16.3. The molecule has 1 aliphatic rings. The lowest BCUT2D eigenvalue weighted by molar-refractivity contribution is -0.150. The fourth-order valence-electron chi connectivity index (χ4n) is 4.85. The predicted octanol–water partition coefficient (Wildman–Crippen LogP) is 8.42. The van der Waals surface area contributed by atoms with E-state index in [2.05, 4.69) is 58.5 Å². The number of carboxylic acid groups (broad SMARTS) is 1. The molecular weight excluding hydrogens is 659 g/mol. The van der Waals surface area contributed by atoms with E-state index in [0.717, 1.165) is 70.0 Å². The monoisotopic (exact) mass is 700 g/mol. The number of oxazole rings is 2. The Morgan fingerprint density at radius 1 is 0.907 bits per heavy atom. The number of hydrogen-bond donors (Lipinski definition) is 1. The van der Waals surface area contributed by atoms with Crippen LogP contribution >= 0.6 is 22.6 Å². The number of alkyl halides is 1. The quantitative estimate of drug-likeness (QED) is 0.130. The van der Waals surface area contributed by atoms with Gasteiger partial charge in [-0.3, -0.25) is 0 Å². The minimum Gasteiger partial charge on any atom is -0.479 e. The molecule has 3 unspecified atom stereocenters. The summed E-state index contributed by atoms with van der Waals surface area (Å²) >= 11 is 2.29. The van der Waals surface area contributed by atoms with Crippen LogP contribution in [0.1, 0.15) is 66.6 Å². The van der Waals surface area contributed by atoms with Crippen LogP contribution in [0.25, 0.3) is 22.9 Å². The summed E-state index contributed by atoms with van der Waals surface area (Å²) in [7, 11) is 0. The van der Waals surface area contributed by atoms with Gasteiger partial charge in [0, 0.05) is 15.6 Å². The minimum atomic E-state index is -0.922. The van der Waals surface area contributed by atoms with E-state index in [1.165, 1.54) is 11.1 Å². The average molecular weight is 701 g/mol. The van der Waals surface area contributed by atoms with Gasteiger partial charge in [-0.05, 0) is 84.1 Å². The van der Waals surface area contributed by atoms with Gasteiger partial charge in [0.15, 0.2) is 6.10 Å². The third-order valence-electron chi connectivity index (χ3n) is 7.63. The van der Waals surface area contributed by atoms with Gasteiger partial charge in [0.25, 0.3) is 0 Å². The Kier molecular flexibility index (Phi) is 12.0. The van der Waals surface area contributed by atoms with Crippen LogP contribution < -0.4 is 0 Å². The maximum absolute atomic E-state index is 10.9. The molecule has 4 aromatic rings. The fourth-order valence-corrected chi connectivity index (χ4v) is 5.55. The molecule has 1 N–H and O–H groups in total. The van der Waals surface area contributed by atoms with Crippen LogP contribution in [-0.2, 0) is 25.3 Å². The molecule has 2 aromatic heterocycles. The van der Waals surface area contributed by atoms with Crippen molar-refractivity contribution in [3.63, 3.8) is 0 Å². The second-order valence-corrected chi connectivity index (χ2v) is 12.0. The number of carboxylic acids is 1. The average Bonchev–Trinajstić information content (AvgIpc) is 3.57. The summed E-state index contributed by atoms with van der Waals surface area (Å²) in [6.45, 7) is 10.4.